The van der Waals surface area contributed by atoms with Gasteiger partial charge in [-0.15, -0.1) is 0 Å². The summed E-state index contributed by atoms with van der Waals surface area (Å²) >= 11 is 0. The van der Waals surface area contributed by atoms with Crippen LogP contribution >= 0.6 is 0 Å². The van der Waals surface area contributed by atoms with Crippen LogP contribution in [0.25, 0.3) is 10.9 Å². The van der Waals surface area contributed by atoms with Gasteiger partial charge in [0.05, 0.1) is 13.0 Å². The van der Waals surface area contributed by atoms with Gasteiger partial charge >= 0.3 is 5.97 Å². The summed E-state index contributed by atoms with van der Waals surface area (Å²) in [5.41, 5.74) is 0.711. The Morgan fingerprint density at radius 3 is 2.94 bits per heavy atom. The quantitative estimate of drug-likeness (QED) is 0.892. The Bertz CT molecular complexity index is 583. The molecular formula is C13H14N2O3. The highest BCUT2D eigenvalue weighted by Gasteiger charge is 2.14. The fraction of sp³-hybridized carbons (Fsp3) is 0.308. The minimum Gasteiger partial charge on any atom is -0.494 e. The van der Waals surface area contributed by atoms with Gasteiger partial charge in [0.1, 0.15) is 17.1 Å². The molecule has 0 spiro atoms. The van der Waals surface area contributed by atoms with E-state index < -0.39 is 11.9 Å². The molecule has 0 bridgehead atoms. The molecule has 5 nitrogen and oxygen atoms in total. The van der Waals surface area contributed by atoms with Crippen LogP contribution in [-0.2, 0) is 11.2 Å². The third kappa shape index (κ3) is 2.40. The number of fused-ring (bicyclic) bond motifs is 1. The second-order valence-electron chi connectivity index (χ2n) is 4.13. The van der Waals surface area contributed by atoms with Crippen LogP contribution in [0.4, 0.5) is 0 Å². The van der Waals surface area contributed by atoms with Crippen LogP contribution in [0.15, 0.2) is 24.4 Å². The van der Waals surface area contributed by atoms with Crippen molar-refractivity contribution in [2.45, 2.75) is 13.3 Å². The van der Waals surface area contributed by atoms with E-state index in [-0.39, 0.29) is 0 Å². The van der Waals surface area contributed by atoms with Crippen molar-refractivity contribution in [2.75, 3.05) is 7.11 Å². The summed E-state index contributed by atoms with van der Waals surface area (Å²) in [6, 6.07) is 5.58. The second-order valence-corrected chi connectivity index (χ2v) is 4.13. The van der Waals surface area contributed by atoms with Crippen LogP contribution in [0.3, 0.4) is 0 Å². The summed E-state index contributed by atoms with van der Waals surface area (Å²) in [6.45, 7) is 1.64. The van der Waals surface area contributed by atoms with Crippen molar-refractivity contribution >= 4 is 16.9 Å². The van der Waals surface area contributed by atoms with Gasteiger partial charge in [-0.3, -0.25) is 4.79 Å². The van der Waals surface area contributed by atoms with Crippen molar-refractivity contribution in [1.29, 1.82) is 0 Å². The van der Waals surface area contributed by atoms with E-state index in [1.165, 1.54) is 0 Å². The number of rotatable bonds is 4. The smallest absolute Gasteiger partial charge is 0.306 e. The molecule has 94 valence electrons. The first-order chi connectivity index (χ1) is 8.61. The van der Waals surface area contributed by atoms with Gasteiger partial charge in [0.25, 0.3) is 0 Å². The molecule has 1 N–H and O–H groups in total. The van der Waals surface area contributed by atoms with E-state index in [4.69, 9.17) is 9.84 Å². The summed E-state index contributed by atoms with van der Waals surface area (Å²) in [7, 11) is 1.58. The maximum absolute atomic E-state index is 10.8. The molecule has 0 saturated heterocycles. The Kier molecular flexibility index (Phi) is 3.41. The second kappa shape index (κ2) is 5.00. The van der Waals surface area contributed by atoms with E-state index in [9.17, 15) is 4.79 Å². The third-order valence-corrected chi connectivity index (χ3v) is 2.75. The van der Waals surface area contributed by atoms with E-state index in [1.807, 2.05) is 18.2 Å². The molecule has 0 saturated carbocycles. The number of ether oxygens (including phenoxy) is 1. The van der Waals surface area contributed by atoms with Gasteiger partial charge < -0.3 is 9.84 Å². The fourth-order valence-corrected chi connectivity index (χ4v) is 1.69. The van der Waals surface area contributed by atoms with E-state index in [2.05, 4.69) is 9.97 Å². The summed E-state index contributed by atoms with van der Waals surface area (Å²) in [4.78, 5) is 19.4. The highest BCUT2D eigenvalue weighted by atomic mass is 16.5. The zero-order chi connectivity index (χ0) is 13.1. The first-order valence-electron chi connectivity index (χ1n) is 5.63. The lowest BCUT2D eigenvalue weighted by Gasteiger charge is -2.07. The average Bonchev–Trinajstić information content (AvgIpc) is 2.37. The first-order valence-corrected chi connectivity index (χ1v) is 5.63. The molecule has 0 radical (unpaired) electrons. The average molecular weight is 246 g/mol. The van der Waals surface area contributed by atoms with Gasteiger partial charge in [-0.05, 0) is 6.07 Å². The van der Waals surface area contributed by atoms with Crippen molar-refractivity contribution in [3.05, 3.63) is 30.2 Å². The Balaban J connectivity index is 2.40. The van der Waals surface area contributed by atoms with E-state index >= 15 is 0 Å². The summed E-state index contributed by atoms with van der Waals surface area (Å²) in [6.07, 6.45) is 2.00. The van der Waals surface area contributed by atoms with Crippen LogP contribution < -0.4 is 4.74 Å². The Hall–Kier alpha value is -2.17. The molecule has 18 heavy (non-hydrogen) atoms. The predicted octanol–water partition coefficient (Wildman–Crippen LogP) is 1.90. The number of methoxy groups -OCH3 is 1. The number of carboxylic acids is 1. The number of benzene rings is 1. The molecule has 5 heteroatoms. The first kappa shape index (κ1) is 12.3. The summed E-state index contributed by atoms with van der Waals surface area (Å²) in [5.74, 6) is -0.170. The zero-order valence-corrected chi connectivity index (χ0v) is 10.3. The molecule has 0 amide bonds. The highest BCUT2D eigenvalue weighted by molar-refractivity contribution is 5.83. The van der Waals surface area contributed by atoms with Gasteiger partial charge in [0, 0.05) is 18.0 Å². The topological polar surface area (TPSA) is 72.3 Å². The number of nitrogens with zero attached hydrogens (tertiary/aromatic N) is 2. The normalized spacial score (nSPS) is 12.3. The lowest BCUT2D eigenvalue weighted by molar-refractivity contribution is -0.141. The van der Waals surface area contributed by atoms with Gasteiger partial charge in [-0.1, -0.05) is 19.1 Å². The van der Waals surface area contributed by atoms with Crippen molar-refractivity contribution in [3.8, 4) is 5.75 Å². The number of para-hydroxylation sites is 1. The minimum atomic E-state index is -0.848. The van der Waals surface area contributed by atoms with Gasteiger partial charge in [-0.2, -0.15) is 0 Å². The Morgan fingerprint density at radius 2 is 2.28 bits per heavy atom. The molecule has 1 atom stereocenters. The van der Waals surface area contributed by atoms with Crippen LogP contribution in [0.1, 0.15) is 12.7 Å². The van der Waals surface area contributed by atoms with Crippen molar-refractivity contribution in [3.63, 3.8) is 0 Å². The Morgan fingerprint density at radius 1 is 1.50 bits per heavy atom. The zero-order valence-electron chi connectivity index (χ0n) is 10.3. The molecule has 0 aliphatic carbocycles. The minimum absolute atomic E-state index is 0.309. The molecule has 1 aromatic carbocycles. The van der Waals surface area contributed by atoms with E-state index in [1.54, 1.807) is 20.2 Å². The van der Waals surface area contributed by atoms with Crippen LogP contribution in [0.2, 0.25) is 0 Å². The number of aliphatic carboxylic acids is 1. The van der Waals surface area contributed by atoms with Crippen LogP contribution in [0, 0.1) is 5.92 Å². The number of carbonyl (C=O) groups is 1. The van der Waals surface area contributed by atoms with Crippen molar-refractivity contribution < 1.29 is 14.6 Å². The van der Waals surface area contributed by atoms with E-state index in [0.717, 1.165) is 5.39 Å². The molecule has 0 aliphatic rings. The maximum atomic E-state index is 10.8. The third-order valence-electron chi connectivity index (χ3n) is 2.75. The SMILES string of the molecule is COc1cccc2cnc(CC(C)C(=O)O)nc12. The molecule has 1 unspecified atom stereocenters. The van der Waals surface area contributed by atoms with Gasteiger partial charge in [0.15, 0.2) is 0 Å². The molecule has 1 aromatic heterocycles. The van der Waals surface area contributed by atoms with E-state index in [0.29, 0.717) is 23.5 Å². The molecule has 2 rings (SSSR count). The number of hydrogen-bond donors (Lipinski definition) is 1. The lowest BCUT2D eigenvalue weighted by atomic mass is 10.1. The fourth-order valence-electron chi connectivity index (χ4n) is 1.69. The number of aromatic nitrogens is 2. The number of carboxylic acid groups (broad SMARTS) is 1. The molecule has 1 heterocycles. The van der Waals surface area contributed by atoms with Crippen molar-refractivity contribution in [2.24, 2.45) is 5.92 Å². The maximum Gasteiger partial charge on any atom is 0.306 e. The predicted molar refractivity (Wildman–Crippen MR) is 66.6 cm³/mol. The lowest BCUT2D eigenvalue weighted by Crippen LogP contribution is -2.14. The van der Waals surface area contributed by atoms with Gasteiger partial charge in [-0.25, -0.2) is 9.97 Å². The molecule has 2 aromatic rings. The van der Waals surface area contributed by atoms with Crippen LogP contribution in [-0.4, -0.2) is 28.2 Å². The standard InChI is InChI=1S/C13H14N2O3/c1-8(13(16)17)6-11-14-7-9-4-3-5-10(18-2)12(9)15-11/h3-5,7-8H,6H2,1-2H3,(H,16,17). The highest BCUT2D eigenvalue weighted by Crippen LogP contribution is 2.23. The summed E-state index contributed by atoms with van der Waals surface area (Å²) in [5, 5.41) is 9.75. The van der Waals surface area contributed by atoms with Crippen molar-refractivity contribution in [1.82, 2.24) is 9.97 Å². The molecule has 0 aliphatic heterocycles. The number of hydrogen-bond acceptors (Lipinski definition) is 4. The molecule has 0 fully saturated rings. The largest absolute Gasteiger partial charge is 0.494 e. The van der Waals surface area contributed by atoms with Gasteiger partial charge in [0.2, 0.25) is 0 Å². The van der Waals surface area contributed by atoms with Crippen LogP contribution in [0.5, 0.6) is 5.75 Å². The Labute approximate surface area is 104 Å². The summed E-state index contributed by atoms with van der Waals surface area (Å²) < 4.78 is 5.23. The monoisotopic (exact) mass is 246 g/mol. The molecular weight excluding hydrogens is 232 g/mol.